The molecule has 1 saturated heterocycles. The Morgan fingerprint density at radius 3 is 2.56 bits per heavy atom. The second kappa shape index (κ2) is 9.05. The minimum atomic E-state index is -3.83. The molecule has 4 rings (SSSR count). The zero-order chi connectivity index (χ0) is 22.7. The summed E-state index contributed by atoms with van der Waals surface area (Å²) in [5.41, 5.74) is 0.660. The van der Waals surface area contributed by atoms with Crippen molar-refractivity contribution in [1.29, 1.82) is 0 Å². The smallest absolute Gasteiger partial charge is 0.322 e. The zero-order valence-electron chi connectivity index (χ0n) is 17.2. The van der Waals surface area contributed by atoms with Gasteiger partial charge in [0.05, 0.1) is 17.9 Å². The maximum atomic E-state index is 13.1. The first-order valence-electron chi connectivity index (χ1n) is 9.91. The van der Waals surface area contributed by atoms with E-state index in [2.05, 4.69) is 15.5 Å². The molecule has 168 valence electrons. The summed E-state index contributed by atoms with van der Waals surface area (Å²) in [5.74, 6) is -0.607. The van der Waals surface area contributed by atoms with Crippen LogP contribution in [0.25, 0.3) is 11.5 Å². The molecule has 3 aromatic rings. The average Bonchev–Trinajstić information content (AvgIpc) is 3.28. The minimum absolute atomic E-state index is 0.00498. The molecule has 1 aliphatic rings. The summed E-state index contributed by atoms with van der Waals surface area (Å²) in [6.07, 6.45) is 1.03. The maximum Gasteiger partial charge on any atom is 0.322 e. The number of amides is 1. The summed E-state index contributed by atoms with van der Waals surface area (Å²) in [6, 6.07) is 11.5. The second-order valence-electron chi connectivity index (χ2n) is 7.29. The van der Waals surface area contributed by atoms with Gasteiger partial charge in [-0.1, -0.05) is 5.10 Å². The highest BCUT2D eigenvalue weighted by atomic mass is 32.2. The third-order valence-corrected chi connectivity index (χ3v) is 7.08. The number of benzene rings is 2. The van der Waals surface area contributed by atoms with Gasteiger partial charge in [-0.2, -0.15) is 4.31 Å². The standard InChI is InChI=1S/C21H21FN4O5S/c1-30-17-8-4-14(5-9-17)20-24-25-21(31-20)23-19(27)15-3-2-12-26(13-15)32(28,29)18-10-6-16(22)7-11-18/h4-11,15H,2-3,12-13H2,1H3,(H,23,25,27). The molecular weight excluding hydrogens is 439 g/mol. The Morgan fingerprint density at radius 1 is 1.16 bits per heavy atom. The van der Waals surface area contributed by atoms with Gasteiger partial charge in [-0.3, -0.25) is 10.1 Å². The predicted molar refractivity (Wildman–Crippen MR) is 113 cm³/mol. The van der Waals surface area contributed by atoms with Crippen LogP contribution in [-0.2, 0) is 14.8 Å². The third kappa shape index (κ3) is 4.63. The lowest BCUT2D eigenvalue weighted by Gasteiger charge is -2.30. The second-order valence-corrected chi connectivity index (χ2v) is 9.22. The minimum Gasteiger partial charge on any atom is -0.497 e. The highest BCUT2D eigenvalue weighted by Gasteiger charge is 2.33. The van der Waals surface area contributed by atoms with E-state index in [1.807, 2.05) is 0 Å². The molecule has 1 amide bonds. The highest BCUT2D eigenvalue weighted by molar-refractivity contribution is 7.89. The number of sulfonamides is 1. The van der Waals surface area contributed by atoms with Crippen LogP contribution >= 0.6 is 0 Å². The van der Waals surface area contributed by atoms with E-state index < -0.39 is 27.7 Å². The van der Waals surface area contributed by atoms with Crippen LogP contribution in [0.3, 0.4) is 0 Å². The number of piperidine rings is 1. The van der Waals surface area contributed by atoms with Gasteiger partial charge in [-0.05, 0) is 61.4 Å². The highest BCUT2D eigenvalue weighted by Crippen LogP contribution is 2.26. The summed E-state index contributed by atoms with van der Waals surface area (Å²) < 4.78 is 50.7. The molecule has 9 nitrogen and oxygen atoms in total. The summed E-state index contributed by atoms with van der Waals surface area (Å²) >= 11 is 0. The third-order valence-electron chi connectivity index (χ3n) is 5.20. The van der Waals surface area contributed by atoms with Crippen LogP contribution in [0.15, 0.2) is 57.8 Å². The lowest BCUT2D eigenvalue weighted by atomic mass is 9.99. The van der Waals surface area contributed by atoms with E-state index in [9.17, 15) is 17.6 Å². The van der Waals surface area contributed by atoms with Gasteiger partial charge in [0, 0.05) is 18.7 Å². The molecule has 1 aromatic heterocycles. The Morgan fingerprint density at radius 2 is 1.88 bits per heavy atom. The first-order chi connectivity index (χ1) is 15.4. The normalized spacial score (nSPS) is 17.1. The number of nitrogens with one attached hydrogen (secondary N) is 1. The first-order valence-corrected chi connectivity index (χ1v) is 11.4. The fraction of sp³-hybridized carbons (Fsp3) is 0.286. The number of methoxy groups -OCH3 is 1. The van der Waals surface area contributed by atoms with Crippen LogP contribution in [0.5, 0.6) is 5.75 Å². The molecule has 32 heavy (non-hydrogen) atoms. The molecule has 1 N–H and O–H groups in total. The van der Waals surface area contributed by atoms with E-state index in [0.717, 1.165) is 12.1 Å². The zero-order valence-corrected chi connectivity index (χ0v) is 18.0. The molecule has 0 saturated carbocycles. The Bertz CT molecular complexity index is 1200. The van der Waals surface area contributed by atoms with Crippen molar-refractivity contribution in [1.82, 2.24) is 14.5 Å². The van der Waals surface area contributed by atoms with Crippen molar-refractivity contribution in [2.45, 2.75) is 17.7 Å². The van der Waals surface area contributed by atoms with Crippen molar-refractivity contribution in [3.05, 3.63) is 54.3 Å². The van der Waals surface area contributed by atoms with Crippen molar-refractivity contribution in [2.75, 3.05) is 25.5 Å². The number of anilines is 1. The fourth-order valence-electron chi connectivity index (χ4n) is 3.46. The van der Waals surface area contributed by atoms with E-state index in [0.29, 0.717) is 24.2 Å². The maximum absolute atomic E-state index is 13.1. The molecule has 11 heteroatoms. The molecule has 2 aromatic carbocycles. The number of carbonyl (C=O) groups excluding carboxylic acids is 1. The number of nitrogens with zero attached hydrogens (tertiary/aromatic N) is 3. The van der Waals surface area contributed by atoms with Crippen LogP contribution in [-0.4, -0.2) is 49.0 Å². The largest absolute Gasteiger partial charge is 0.497 e. The molecule has 0 spiro atoms. The van der Waals surface area contributed by atoms with E-state index >= 15 is 0 Å². The van der Waals surface area contributed by atoms with Crippen LogP contribution in [0.1, 0.15) is 12.8 Å². The fourth-order valence-corrected chi connectivity index (χ4v) is 4.99. The molecule has 0 aliphatic carbocycles. The number of hydrogen-bond acceptors (Lipinski definition) is 7. The molecule has 1 aliphatic heterocycles. The molecule has 1 fully saturated rings. The van der Waals surface area contributed by atoms with Crippen molar-refractivity contribution in [3.8, 4) is 17.2 Å². The van der Waals surface area contributed by atoms with E-state index in [1.54, 1.807) is 31.4 Å². The number of aromatic nitrogens is 2. The van der Waals surface area contributed by atoms with Gasteiger partial charge in [0.25, 0.3) is 0 Å². The van der Waals surface area contributed by atoms with Crippen LogP contribution < -0.4 is 10.1 Å². The first kappa shape index (κ1) is 21.9. The summed E-state index contributed by atoms with van der Waals surface area (Å²) in [4.78, 5) is 12.7. The van der Waals surface area contributed by atoms with Crippen LogP contribution in [0, 0.1) is 11.7 Å². The Kier molecular flexibility index (Phi) is 6.19. The van der Waals surface area contributed by atoms with Crippen LogP contribution in [0.4, 0.5) is 10.4 Å². The number of halogens is 1. The van der Waals surface area contributed by atoms with E-state index in [1.165, 1.54) is 16.4 Å². The lowest BCUT2D eigenvalue weighted by molar-refractivity contribution is -0.121. The lowest BCUT2D eigenvalue weighted by Crippen LogP contribution is -2.43. The predicted octanol–water partition coefficient (Wildman–Crippen LogP) is 2.92. The summed E-state index contributed by atoms with van der Waals surface area (Å²) in [6.45, 7) is 0.288. The molecule has 0 radical (unpaired) electrons. The monoisotopic (exact) mass is 460 g/mol. The van der Waals surface area contributed by atoms with Gasteiger partial charge in [0.1, 0.15) is 11.6 Å². The van der Waals surface area contributed by atoms with Gasteiger partial charge in [0.2, 0.25) is 21.8 Å². The van der Waals surface area contributed by atoms with Gasteiger partial charge in [-0.25, -0.2) is 12.8 Å². The Hall–Kier alpha value is -3.31. The van der Waals surface area contributed by atoms with E-state index in [-0.39, 0.29) is 29.9 Å². The van der Waals surface area contributed by atoms with Gasteiger partial charge in [-0.15, -0.1) is 5.10 Å². The van der Waals surface area contributed by atoms with Crippen molar-refractivity contribution >= 4 is 21.9 Å². The number of carbonyl (C=O) groups is 1. The SMILES string of the molecule is COc1ccc(-c2nnc(NC(=O)C3CCCN(S(=O)(=O)c4ccc(F)cc4)C3)o2)cc1. The number of rotatable bonds is 6. The Labute approximate surface area is 184 Å². The molecular formula is C21H21FN4O5S. The molecule has 1 unspecified atom stereocenters. The number of ether oxygens (including phenoxy) is 1. The van der Waals surface area contributed by atoms with Gasteiger partial charge >= 0.3 is 6.01 Å². The van der Waals surface area contributed by atoms with Crippen LogP contribution in [0.2, 0.25) is 0 Å². The Balaban J connectivity index is 1.42. The topological polar surface area (TPSA) is 115 Å². The van der Waals surface area contributed by atoms with E-state index in [4.69, 9.17) is 9.15 Å². The van der Waals surface area contributed by atoms with Crippen molar-refractivity contribution in [2.24, 2.45) is 5.92 Å². The molecule has 1 atom stereocenters. The quantitative estimate of drug-likeness (QED) is 0.601. The van der Waals surface area contributed by atoms with Crippen molar-refractivity contribution < 1.29 is 26.8 Å². The molecule has 0 bridgehead atoms. The summed E-state index contributed by atoms with van der Waals surface area (Å²) in [5, 5.41) is 10.3. The summed E-state index contributed by atoms with van der Waals surface area (Å²) in [7, 11) is -2.27. The number of hydrogen-bond donors (Lipinski definition) is 1. The van der Waals surface area contributed by atoms with Gasteiger partial charge < -0.3 is 9.15 Å². The van der Waals surface area contributed by atoms with Gasteiger partial charge in [0.15, 0.2) is 0 Å². The average molecular weight is 460 g/mol. The molecule has 2 heterocycles. The van der Waals surface area contributed by atoms with Crippen molar-refractivity contribution in [3.63, 3.8) is 0 Å².